The Kier molecular flexibility index (Phi) is 7.15. The molecule has 7 nitrogen and oxygen atoms in total. The van der Waals surface area contributed by atoms with E-state index in [4.69, 9.17) is 0 Å². The number of aryl methyl sites for hydroxylation is 1. The molecule has 1 saturated heterocycles. The molecule has 8 heteroatoms. The van der Waals surface area contributed by atoms with Crippen molar-refractivity contribution < 1.29 is 14.0 Å². The van der Waals surface area contributed by atoms with E-state index in [0.717, 1.165) is 17.1 Å². The minimum absolute atomic E-state index is 0.0309. The van der Waals surface area contributed by atoms with Crippen molar-refractivity contribution in [3.05, 3.63) is 77.6 Å². The molecule has 176 valence electrons. The highest BCUT2D eigenvalue weighted by Crippen LogP contribution is 2.20. The van der Waals surface area contributed by atoms with Crippen molar-refractivity contribution in [3.8, 4) is 11.3 Å². The molecule has 1 aliphatic rings. The van der Waals surface area contributed by atoms with Crippen LogP contribution in [-0.4, -0.2) is 71.1 Å². The van der Waals surface area contributed by atoms with E-state index < -0.39 is 5.82 Å². The van der Waals surface area contributed by atoms with Crippen molar-refractivity contribution in [3.63, 3.8) is 0 Å². The van der Waals surface area contributed by atoms with Crippen LogP contribution in [0.1, 0.15) is 22.8 Å². The number of nitrogens with zero attached hydrogens (tertiary/aromatic N) is 5. The number of benzene rings is 2. The Morgan fingerprint density at radius 1 is 0.971 bits per heavy atom. The predicted molar refractivity (Wildman–Crippen MR) is 129 cm³/mol. The number of carbonyl (C=O) groups is 2. The predicted octanol–water partition coefficient (Wildman–Crippen LogP) is 3.40. The topological polar surface area (TPSA) is 69.6 Å². The monoisotopic (exact) mass is 461 g/mol. The lowest BCUT2D eigenvalue weighted by atomic mass is 10.1. The van der Waals surface area contributed by atoms with Crippen LogP contribution in [0.2, 0.25) is 0 Å². The third-order valence-electron chi connectivity index (χ3n) is 6.02. The van der Waals surface area contributed by atoms with Crippen LogP contribution < -0.4 is 4.90 Å². The zero-order chi connectivity index (χ0) is 24.1. The number of piperazine rings is 1. The minimum Gasteiger partial charge on any atom is -0.352 e. The van der Waals surface area contributed by atoms with E-state index in [9.17, 15) is 14.0 Å². The molecule has 2 heterocycles. The Morgan fingerprint density at radius 3 is 2.32 bits per heavy atom. The number of hydrogen-bond acceptors (Lipinski definition) is 5. The summed E-state index contributed by atoms with van der Waals surface area (Å²) < 4.78 is 13.5. The van der Waals surface area contributed by atoms with Crippen molar-refractivity contribution in [2.45, 2.75) is 13.8 Å². The van der Waals surface area contributed by atoms with Gasteiger partial charge in [0.15, 0.2) is 5.82 Å². The molecule has 0 bridgehead atoms. The van der Waals surface area contributed by atoms with Gasteiger partial charge < -0.3 is 14.7 Å². The Labute approximate surface area is 198 Å². The van der Waals surface area contributed by atoms with Gasteiger partial charge >= 0.3 is 0 Å². The van der Waals surface area contributed by atoms with Crippen molar-refractivity contribution >= 4 is 17.6 Å². The van der Waals surface area contributed by atoms with Crippen molar-refractivity contribution in [2.75, 3.05) is 44.2 Å². The summed E-state index contributed by atoms with van der Waals surface area (Å²) in [6.45, 7) is 6.52. The fraction of sp³-hybridized carbons (Fsp3) is 0.308. The zero-order valence-electron chi connectivity index (χ0n) is 19.4. The van der Waals surface area contributed by atoms with Gasteiger partial charge in [-0.15, -0.1) is 10.2 Å². The smallest absolute Gasteiger partial charge is 0.254 e. The second-order valence-electron chi connectivity index (χ2n) is 8.34. The summed E-state index contributed by atoms with van der Waals surface area (Å²) in [5, 5.41) is 8.76. The number of aromatic nitrogens is 2. The van der Waals surface area contributed by atoms with Gasteiger partial charge in [0, 0.05) is 43.9 Å². The van der Waals surface area contributed by atoms with Gasteiger partial charge in [0.2, 0.25) is 5.91 Å². The first-order valence-corrected chi connectivity index (χ1v) is 11.4. The molecule has 0 N–H and O–H groups in total. The first-order chi connectivity index (χ1) is 16.4. The molecule has 0 unspecified atom stereocenters. The third-order valence-corrected chi connectivity index (χ3v) is 6.02. The zero-order valence-corrected chi connectivity index (χ0v) is 19.4. The van der Waals surface area contributed by atoms with Crippen molar-refractivity contribution in [2.24, 2.45) is 0 Å². The van der Waals surface area contributed by atoms with Crippen LogP contribution >= 0.6 is 0 Å². The van der Waals surface area contributed by atoms with E-state index in [-0.39, 0.29) is 23.9 Å². The Balaban J connectivity index is 1.32. The van der Waals surface area contributed by atoms with E-state index in [0.29, 0.717) is 32.7 Å². The number of likely N-dealkylation sites (N-methyl/N-ethyl adjacent to an activating group) is 1. The lowest BCUT2D eigenvalue weighted by Crippen LogP contribution is -2.52. The second kappa shape index (κ2) is 10.4. The van der Waals surface area contributed by atoms with E-state index in [2.05, 4.69) is 15.1 Å². The Bertz CT molecular complexity index is 1140. The lowest BCUT2D eigenvalue weighted by Gasteiger charge is -2.36. The molecule has 4 rings (SSSR count). The summed E-state index contributed by atoms with van der Waals surface area (Å²) in [4.78, 5) is 30.8. The summed E-state index contributed by atoms with van der Waals surface area (Å²) in [6, 6.07) is 17.6. The van der Waals surface area contributed by atoms with Crippen molar-refractivity contribution in [1.82, 2.24) is 20.0 Å². The van der Waals surface area contributed by atoms with Gasteiger partial charge in [-0.1, -0.05) is 35.9 Å². The van der Waals surface area contributed by atoms with Crippen LogP contribution in [-0.2, 0) is 4.79 Å². The minimum atomic E-state index is -0.473. The summed E-state index contributed by atoms with van der Waals surface area (Å²) in [6.07, 6.45) is 0. The number of hydrogen-bond donors (Lipinski definition) is 0. The largest absolute Gasteiger partial charge is 0.352 e. The molecule has 0 spiro atoms. The third kappa shape index (κ3) is 5.39. The summed E-state index contributed by atoms with van der Waals surface area (Å²) in [5.74, 6) is -0.163. The molecule has 0 saturated carbocycles. The van der Waals surface area contributed by atoms with E-state index in [1.807, 2.05) is 43.3 Å². The maximum Gasteiger partial charge on any atom is 0.254 e. The second-order valence-corrected chi connectivity index (χ2v) is 8.34. The van der Waals surface area contributed by atoms with Crippen LogP contribution in [0.5, 0.6) is 0 Å². The molecule has 0 aliphatic carbocycles. The van der Waals surface area contributed by atoms with Crippen LogP contribution in [0.15, 0.2) is 60.7 Å². The van der Waals surface area contributed by atoms with Gasteiger partial charge in [0.1, 0.15) is 12.4 Å². The number of anilines is 1. The Hall–Kier alpha value is -3.81. The molecule has 2 amide bonds. The molecule has 2 aromatic carbocycles. The van der Waals surface area contributed by atoms with Gasteiger partial charge in [-0.25, -0.2) is 4.39 Å². The average molecular weight is 462 g/mol. The molecule has 1 aromatic heterocycles. The van der Waals surface area contributed by atoms with Gasteiger partial charge in [0.25, 0.3) is 5.91 Å². The maximum atomic E-state index is 13.5. The van der Waals surface area contributed by atoms with E-state index >= 15 is 0 Å². The number of carbonyl (C=O) groups excluding carboxylic acids is 2. The Morgan fingerprint density at radius 2 is 1.71 bits per heavy atom. The van der Waals surface area contributed by atoms with Crippen LogP contribution in [0.25, 0.3) is 11.3 Å². The fourth-order valence-electron chi connectivity index (χ4n) is 3.95. The van der Waals surface area contributed by atoms with Crippen LogP contribution in [0.4, 0.5) is 10.2 Å². The van der Waals surface area contributed by atoms with Gasteiger partial charge in [0.05, 0.1) is 5.69 Å². The summed E-state index contributed by atoms with van der Waals surface area (Å²) >= 11 is 0. The van der Waals surface area contributed by atoms with E-state index in [1.165, 1.54) is 28.7 Å². The van der Waals surface area contributed by atoms with E-state index in [1.54, 1.807) is 17.9 Å². The molecular weight excluding hydrogens is 433 g/mol. The number of amides is 2. The fourth-order valence-corrected chi connectivity index (χ4v) is 3.95. The normalized spacial score (nSPS) is 13.6. The molecular formula is C26H28FN5O2. The molecule has 3 aromatic rings. The molecule has 34 heavy (non-hydrogen) atoms. The standard InChI is InChI=1S/C26H28FN5O2/c1-3-30(26(34)21-5-4-6-22(27)17-21)18-25(33)32-15-13-31(14-16-32)24-12-11-23(28-29-24)20-9-7-19(2)8-10-20/h4-12,17H,3,13-16,18H2,1-2H3. The van der Waals surface area contributed by atoms with Gasteiger partial charge in [-0.3, -0.25) is 9.59 Å². The van der Waals surface area contributed by atoms with Gasteiger partial charge in [-0.05, 0) is 44.2 Å². The summed E-state index contributed by atoms with van der Waals surface area (Å²) in [7, 11) is 0. The molecule has 1 fully saturated rings. The maximum absolute atomic E-state index is 13.5. The highest BCUT2D eigenvalue weighted by atomic mass is 19.1. The number of halogens is 1. The highest BCUT2D eigenvalue weighted by Gasteiger charge is 2.25. The quantitative estimate of drug-likeness (QED) is 0.563. The first-order valence-electron chi connectivity index (χ1n) is 11.4. The van der Waals surface area contributed by atoms with Gasteiger partial charge in [-0.2, -0.15) is 0 Å². The van der Waals surface area contributed by atoms with Crippen molar-refractivity contribution in [1.29, 1.82) is 0 Å². The van der Waals surface area contributed by atoms with Crippen LogP contribution in [0, 0.1) is 12.7 Å². The highest BCUT2D eigenvalue weighted by molar-refractivity contribution is 5.96. The molecule has 1 aliphatic heterocycles. The summed E-state index contributed by atoms with van der Waals surface area (Å²) in [5.41, 5.74) is 3.28. The van der Waals surface area contributed by atoms with Crippen LogP contribution in [0.3, 0.4) is 0 Å². The molecule has 0 radical (unpaired) electrons. The average Bonchev–Trinajstić information content (AvgIpc) is 2.87. The number of rotatable bonds is 6. The first kappa shape index (κ1) is 23.4. The molecule has 0 atom stereocenters. The SMILES string of the molecule is CCN(CC(=O)N1CCN(c2ccc(-c3ccc(C)cc3)nn2)CC1)C(=O)c1cccc(F)c1. The lowest BCUT2D eigenvalue weighted by molar-refractivity contribution is -0.132.